The number of carbonyl (C=O) groups is 3. The first kappa shape index (κ1) is 69.9. The monoisotopic (exact) mass is 1040 g/mol. The molecule has 9 nitrogen and oxygen atoms in total. The van der Waals surface area contributed by atoms with Gasteiger partial charge < -0.3 is 33.3 Å². The average Bonchev–Trinajstić information content (AvgIpc) is 3.38. The Balaban J connectivity index is 4.44. The second-order valence-corrected chi connectivity index (χ2v) is 19.5. The van der Waals surface area contributed by atoms with E-state index in [1.807, 2.05) is 21.1 Å². The molecule has 9 heteroatoms. The van der Waals surface area contributed by atoms with Gasteiger partial charge in [-0.3, -0.25) is 9.59 Å². The number of esters is 2. The summed E-state index contributed by atoms with van der Waals surface area (Å²) in [5.74, 6) is -2.38. The summed E-state index contributed by atoms with van der Waals surface area (Å²) in [7, 11) is 5.88. The zero-order valence-corrected chi connectivity index (χ0v) is 47.6. The largest absolute Gasteiger partial charge is 0.545 e. The number of allylic oxidation sites excluding steroid dienone is 26. The summed E-state index contributed by atoms with van der Waals surface area (Å²) >= 11 is 0. The highest BCUT2D eigenvalue weighted by Crippen LogP contribution is 2.12. The van der Waals surface area contributed by atoms with Crippen molar-refractivity contribution < 1.29 is 42.9 Å². The predicted molar refractivity (Wildman–Crippen MR) is 315 cm³/mol. The SMILES string of the molecule is CC/C=C\C/C=C\C/C=C\C/C=C\C/C=C\C/C=C\C/C=C\C/C=C\CCCCC(=O)OC(COC(=O)CCCCCCCCC/C=C\C/C=C\C/C=C\C/C=C\C/C=C\CC)COC(OCC[N+](C)(C)C)C(=O)[O-]. The molecule has 75 heavy (non-hydrogen) atoms. The fraction of sp³-hybridized carbons (Fsp3) is 0.561. The normalized spacial score (nSPS) is 14.0. The minimum absolute atomic E-state index is 0.127. The van der Waals surface area contributed by atoms with Crippen LogP contribution in [-0.2, 0) is 33.3 Å². The number of unbranched alkanes of at least 4 members (excludes halogenated alkanes) is 9. The summed E-state index contributed by atoms with van der Waals surface area (Å²) in [6, 6.07) is 0. The number of hydrogen-bond acceptors (Lipinski definition) is 8. The zero-order valence-electron chi connectivity index (χ0n) is 47.6. The van der Waals surface area contributed by atoms with Crippen LogP contribution in [0.4, 0.5) is 0 Å². The molecule has 0 saturated heterocycles. The van der Waals surface area contributed by atoms with E-state index in [0.29, 0.717) is 23.9 Å². The van der Waals surface area contributed by atoms with E-state index in [2.05, 4.69) is 172 Å². The van der Waals surface area contributed by atoms with Crippen molar-refractivity contribution in [2.24, 2.45) is 0 Å². The molecular formula is C66H103NO8. The van der Waals surface area contributed by atoms with Crippen LogP contribution >= 0.6 is 0 Å². The highest BCUT2D eigenvalue weighted by Gasteiger charge is 2.21. The number of nitrogens with zero attached hydrogens (tertiary/aromatic N) is 1. The molecule has 0 aliphatic heterocycles. The topological polar surface area (TPSA) is 111 Å². The Hall–Kier alpha value is -5.09. The molecule has 2 unspecified atom stereocenters. The summed E-state index contributed by atoms with van der Waals surface area (Å²) in [6.45, 7) is 4.42. The van der Waals surface area contributed by atoms with Crippen LogP contribution in [0.2, 0.25) is 0 Å². The zero-order chi connectivity index (χ0) is 54.8. The van der Waals surface area contributed by atoms with E-state index in [0.717, 1.165) is 122 Å². The minimum atomic E-state index is -1.65. The molecule has 0 radical (unpaired) electrons. The number of carbonyl (C=O) groups excluding carboxylic acids is 3. The van der Waals surface area contributed by atoms with E-state index in [1.165, 1.54) is 19.3 Å². The number of hydrogen-bond donors (Lipinski definition) is 0. The lowest BCUT2D eigenvalue weighted by Gasteiger charge is -2.26. The van der Waals surface area contributed by atoms with Crippen molar-refractivity contribution in [3.8, 4) is 0 Å². The van der Waals surface area contributed by atoms with Crippen LogP contribution in [0.3, 0.4) is 0 Å². The summed E-state index contributed by atoms with van der Waals surface area (Å²) in [5, 5.41) is 11.8. The third kappa shape index (κ3) is 56.5. The van der Waals surface area contributed by atoms with Gasteiger partial charge in [-0.05, 0) is 122 Å². The third-order valence-electron chi connectivity index (χ3n) is 11.3. The molecule has 0 spiro atoms. The molecule has 420 valence electrons. The van der Waals surface area contributed by atoms with Gasteiger partial charge in [-0.1, -0.05) is 204 Å². The van der Waals surface area contributed by atoms with Gasteiger partial charge in [0, 0.05) is 12.8 Å². The van der Waals surface area contributed by atoms with Crippen molar-refractivity contribution in [2.75, 3.05) is 47.5 Å². The summed E-state index contributed by atoms with van der Waals surface area (Å²) in [4.78, 5) is 37.3. The van der Waals surface area contributed by atoms with Crippen LogP contribution in [0.5, 0.6) is 0 Å². The van der Waals surface area contributed by atoms with Gasteiger partial charge in [-0.2, -0.15) is 0 Å². The first-order valence-electron chi connectivity index (χ1n) is 28.6. The number of likely N-dealkylation sites (N-methyl/N-ethyl adjacent to an activating group) is 1. The van der Waals surface area contributed by atoms with Gasteiger partial charge in [0.15, 0.2) is 12.4 Å². The number of aliphatic carboxylic acids is 1. The van der Waals surface area contributed by atoms with E-state index in [1.54, 1.807) is 0 Å². The molecule has 0 heterocycles. The summed E-state index contributed by atoms with van der Waals surface area (Å²) in [6.07, 6.45) is 78.6. The Kier molecular flexibility index (Phi) is 51.4. The maximum absolute atomic E-state index is 12.9. The molecule has 0 aliphatic rings. The van der Waals surface area contributed by atoms with Gasteiger partial charge >= 0.3 is 11.9 Å². The van der Waals surface area contributed by atoms with Gasteiger partial charge in [-0.15, -0.1) is 0 Å². The molecule has 0 aromatic heterocycles. The van der Waals surface area contributed by atoms with Crippen LogP contribution in [0.15, 0.2) is 158 Å². The lowest BCUT2D eigenvalue weighted by molar-refractivity contribution is -0.870. The summed E-state index contributed by atoms with van der Waals surface area (Å²) in [5.41, 5.74) is 0. The van der Waals surface area contributed by atoms with Gasteiger partial charge in [-0.25, -0.2) is 0 Å². The van der Waals surface area contributed by atoms with Crippen molar-refractivity contribution in [1.82, 2.24) is 0 Å². The Morgan fingerprint density at radius 3 is 1.09 bits per heavy atom. The van der Waals surface area contributed by atoms with Crippen LogP contribution < -0.4 is 5.11 Å². The first-order valence-corrected chi connectivity index (χ1v) is 28.6. The Morgan fingerprint density at radius 1 is 0.400 bits per heavy atom. The summed E-state index contributed by atoms with van der Waals surface area (Å²) < 4.78 is 22.6. The Bertz CT molecular complexity index is 1780. The van der Waals surface area contributed by atoms with Gasteiger partial charge in [0.25, 0.3) is 0 Å². The van der Waals surface area contributed by atoms with Crippen molar-refractivity contribution >= 4 is 17.9 Å². The molecule has 0 saturated carbocycles. The Morgan fingerprint density at radius 2 is 0.720 bits per heavy atom. The maximum Gasteiger partial charge on any atom is 0.306 e. The lowest BCUT2D eigenvalue weighted by atomic mass is 10.1. The number of carboxylic acid groups (broad SMARTS) is 1. The molecule has 0 aromatic rings. The number of rotatable bonds is 50. The number of ether oxygens (including phenoxy) is 4. The average molecular weight is 1040 g/mol. The van der Waals surface area contributed by atoms with Crippen molar-refractivity contribution in [2.45, 2.75) is 193 Å². The van der Waals surface area contributed by atoms with Gasteiger partial charge in [0.1, 0.15) is 13.2 Å². The Labute approximate surface area is 457 Å². The molecular weight excluding hydrogens is 935 g/mol. The fourth-order valence-electron chi connectivity index (χ4n) is 6.93. The molecule has 0 N–H and O–H groups in total. The molecule has 0 amide bonds. The highest BCUT2D eigenvalue weighted by atomic mass is 16.7. The van der Waals surface area contributed by atoms with E-state index < -0.39 is 24.3 Å². The smallest absolute Gasteiger partial charge is 0.306 e. The standard InChI is InChI=1S/C66H103NO8/c1-6-8-10-12-14-16-18-20-22-24-26-28-30-31-32-33-35-37-39-41-43-45-47-49-51-53-55-57-64(69)75-62(61-74-66(65(70)71)72-59-58-67(3,4)5)60-73-63(68)56-54-52-50-48-46-44-42-40-38-36-34-29-27-25-23-21-19-17-15-13-11-9-7-2/h8-11,14-17,20-23,26-29,31-32,35-38,41,43,47,49,62,66H,6-7,12-13,18-19,24-25,30,33-34,39-40,42,44-46,48,50-61H2,1-5H3/b10-8-,11-9-,16-14-,17-15-,22-20-,23-21-,28-26-,29-27-,32-31-,37-35-,38-36-,43-41-,49-47-. The minimum Gasteiger partial charge on any atom is -0.545 e. The lowest BCUT2D eigenvalue weighted by Crippen LogP contribution is -2.44. The molecule has 0 aliphatic carbocycles. The van der Waals surface area contributed by atoms with Crippen LogP contribution in [0.25, 0.3) is 0 Å². The molecule has 0 bridgehead atoms. The van der Waals surface area contributed by atoms with Gasteiger partial charge in [0.2, 0.25) is 0 Å². The van der Waals surface area contributed by atoms with Crippen molar-refractivity contribution in [3.63, 3.8) is 0 Å². The molecule has 0 aromatic carbocycles. The molecule has 0 fully saturated rings. The van der Waals surface area contributed by atoms with Crippen LogP contribution in [0.1, 0.15) is 181 Å². The van der Waals surface area contributed by atoms with Crippen LogP contribution in [0, 0.1) is 0 Å². The second kappa shape index (κ2) is 55.2. The molecule has 0 rings (SSSR count). The van der Waals surface area contributed by atoms with Gasteiger partial charge in [0.05, 0.1) is 40.3 Å². The predicted octanol–water partition coefficient (Wildman–Crippen LogP) is 15.7. The maximum atomic E-state index is 12.9. The van der Waals surface area contributed by atoms with E-state index in [4.69, 9.17) is 18.9 Å². The molecule has 2 atom stereocenters. The van der Waals surface area contributed by atoms with Crippen molar-refractivity contribution in [3.05, 3.63) is 158 Å². The van der Waals surface area contributed by atoms with E-state index >= 15 is 0 Å². The highest BCUT2D eigenvalue weighted by molar-refractivity contribution is 5.70. The quantitative estimate of drug-likeness (QED) is 0.0195. The first-order chi connectivity index (χ1) is 36.6. The fourth-order valence-corrected chi connectivity index (χ4v) is 6.93. The second-order valence-electron chi connectivity index (χ2n) is 19.5. The van der Waals surface area contributed by atoms with Crippen LogP contribution in [-0.4, -0.2) is 82.3 Å². The van der Waals surface area contributed by atoms with E-state index in [9.17, 15) is 19.5 Å². The van der Waals surface area contributed by atoms with Crippen molar-refractivity contribution in [1.29, 1.82) is 0 Å². The number of quaternary nitrogens is 1. The third-order valence-corrected chi connectivity index (χ3v) is 11.3. The van der Waals surface area contributed by atoms with E-state index in [-0.39, 0.29) is 38.6 Å². The number of carboxylic acids is 1.